The first-order valence-electron chi connectivity index (χ1n) is 8.22. The number of aromatic hydroxyl groups is 1. The molecule has 0 spiro atoms. The first-order valence-corrected chi connectivity index (χ1v) is 8.22. The van der Waals surface area contributed by atoms with Crippen LogP contribution in [0.5, 0.6) is 5.75 Å². The van der Waals surface area contributed by atoms with Crippen LogP contribution in [0.3, 0.4) is 0 Å². The van der Waals surface area contributed by atoms with Crippen molar-refractivity contribution in [2.24, 2.45) is 0 Å². The molecule has 3 aromatic rings. The van der Waals surface area contributed by atoms with Crippen LogP contribution in [0.1, 0.15) is 18.4 Å². The SMILES string of the molecule is Oc1ccc(F)cc1-c1cc(-c2ccccc2C2=CC=CCC2)[nH]n1. The molecule has 0 unspecified atom stereocenters. The molecule has 0 amide bonds. The average Bonchev–Trinajstić information content (AvgIpc) is 3.14. The highest BCUT2D eigenvalue weighted by atomic mass is 19.1. The average molecular weight is 332 g/mol. The fourth-order valence-electron chi connectivity index (χ4n) is 3.14. The molecule has 4 rings (SSSR count). The molecule has 0 radical (unpaired) electrons. The lowest BCUT2D eigenvalue weighted by atomic mass is 9.92. The Balaban J connectivity index is 1.78. The molecular formula is C21H17FN2O. The van der Waals surface area contributed by atoms with Gasteiger partial charge in [-0.15, -0.1) is 0 Å². The van der Waals surface area contributed by atoms with Crippen molar-refractivity contribution in [2.75, 3.05) is 0 Å². The van der Waals surface area contributed by atoms with E-state index in [1.165, 1.54) is 23.8 Å². The molecule has 1 aliphatic carbocycles. The highest BCUT2D eigenvalue weighted by Crippen LogP contribution is 2.35. The second-order valence-corrected chi connectivity index (χ2v) is 6.03. The van der Waals surface area contributed by atoms with Gasteiger partial charge in [0.05, 0.1) is 11.4 Å². The Kier molecular flexibility index (Phi) is 3.94. The van der Waals surface area contributed by atoms with Crippen molar-refractivity contribution in [2.45, 2.75) is 12.8 Å². The first-order chi connectivity index (χ1) is 12.2. The molecular weight excluding hydrogens is 315 g/mol. The van der Waals surface area contributed by atoms with Gasteiger partial charge in [-0.25, -0.2) is 4.39 Å². The molecule has 0 saturated carbocycles. The van der Waals surface area contributed by atoms with Crippen LogP contribution in [0, 0.1) is 5.82 Å². The maximum atomic E-state index is 13.5. The summed E-state index contributed by atoms with van der Waals surface area (Å²) in [6.45, 7) is 0. The van der Waals surface area contributed by atoms with Crippen molar-refractivity contribution < 1.29 is 9.50 Å². The number of aromatic nitrogens is 2. The van der Waals surface area contributed by atoms with Crippen molar-refractivity contribution in [3.05, 3.63) is 78.1 Å². The van der Waals surface area contributed by atoms with E-state index >= 15 is 0 Å². The van der Waals surface area contributed by atoms with Crippen LogP contribution >= 0.6 is 0 Å². The number of hydrogen-bond acceptors (Lipinski definition) is 2. The van der Waals surface area contributed by atoms with E-state index in [0.717, 1.165) is 29.7 Å². The number of allylic oxidation sites excluding steroid dienone is 4. The van der Waals surface area contributed by atoms with Crippen molar-refractivity contribution in [3.8, 4) is 28.3 Å². The monoisotopic (exact) mass is 332 g/mol. The Morgan fingerprint density at radius 3 is 2.64 bits per heavy atom. The predicted octanol–water partition coefficient (Wildman–Crippen LogP) is 5.32. The van der Waals surface area contributed by atoms with E-state index in [0.29, 0.717) is 11.3 Å². The lowest BCUT2D eigenvalue weighted by Crippen LogP contribution is -1.92. The predicted molar refractivity (Wildman–Crippen MR) is 97.4 cm³/mol. The van der Waals surface area contributed by atoms with Gasteiger partial charge in [0.1, 0.15) is 11.6 Å². The van der Waals surface area contributed by atoms with Crippen LogP contribution in [0.2, 0.25) is 0 Å². The van der Waals surface area contributed by atoms with Crippen LogP contribution in [-0.2, 0) is 0 Å². The minimum absolute atomic E-state index is 0.00728. The smallest absolute Gasteiger partial charge is 0.125 e. The van der Waals surface area contributed by atoms with Crippen LogP contribution in [0.4, 0.5) is 4.39 Å². The molecule has 3 nitrogen and oxygen atoms in total. The van der Waals surface area contributed by atoms with Crippen LogP contribution < -0.4 is 0 Å². The molecule has 4 heteroatoms. The first kappa shape index (κ1) is 15.4. The maximum Gasteiger partial charge on any atom is 0.125 e. The van der Waals surface area contributed by atoms with Crippen molar-refractivity contribution in [1.82, 2.24) is 10.2 Å². The van der Waals surface area contributed by atoms with Gasteiger partial charge in [-0.3, -0.25) is 5.10 Å². The van der Waals surface area contributed by atoms with E-state index in [-0.39, 0.29) is 5.75 Å². The summed E-state index contributed by atoms with van der Waals surface area (Å²) < 4.78 is 13.5. The van der Waals surface area contributed by atoms with Gasteiger partial charge in [-0.1, -0.05) is 42.5 Å². The summed E-state index contributed by atoms with van der Waals surface area (Å²) in [5.41, 5.74) is 5.20. The zero-order valence-corrected chi connectivity index (χ0v) is 13.5. The molecule has 0 fully saturated rings. The molecule has 1 aromatic heterocycles. The van der Waals surface area contributed by atoms with E-state index < -0.39 is 5.82 Å². The van der Waals surface area contributed by atoms with E-state index in [1.54, 1.807) is 0 Å². The molecule has 0 aliphatic heterocycles. The molecule has 0 saturated heterocycles. The lowest BCUT2D eigenvalue weighted by Gasteiger charge is -2.13. The van der Waals surface area contributed by atoms with Gasteiger partial charge < -0.3 is 5.11 Å². The summed E-state index contributed by atoms with van der Waals surface area (Å²) in [7, 11) is 0. The van der Waals surface area contributed by atoms with Crippen LogP contribution in [0.25, 0.3) is 28.1 Å². The summed E-state index contributed by atoms with van der Waals surface area (Å²) >= 11 is 0. The summed E-state index contributed by atoms with van der Waals surface area (Å²) in [5, 5.41) is 17.3. The number of benzene rings is 2. The van der Waals surface area contributed by atoms with E-state index in [9.17, 15) is 9.50 Å². The number of hydrogen-bond donors (Lipinski definition) is 2. The summed E-state index contributed by atoms with van der Waals surface area (Å²) in [6, 6.07) is 13.8. The van der Waals surface area contributed by atoms with Gasteiger partial charge in [0.25, 0.3) is 0 Å². The number of phenolic OH excluding ortho intramolecular Hbond substituents is 1. The third-order valence-electron chi connectivity index (χ3n) is 4.39. The van der Waals surface area contributed by atoms with E-state index in [4.69, 9.17) is 0 Å². The minimum Gasteiger partial charge on any atom is -0.507 e. The normalized spacial score (nSPS) is 13.7. The van der Waals surface area contributed by atoms with Gasteiger partial charge in [0.2, 0.25) is 0 Å². The number of H-pyrrole nitrogens is 1. The minimum atomic E-state index is -0.406. The Labute approximate surface area is 145 Å². The molecule has 0 bridgehead atoms. The Bertz CT molecular complexity index is 985. The number of nitrogens with one attached hydrogen (secondary N) is 1. The third-order valence-corrected chi connectivity index (χ3v) is 4.39. The van der Waals surface area contributed by atoms with Crippen LogP contribution in [0.15, 0.2) is 66.8 Å². The molecule has 25 heavy (non-hydrogen) atoms. The molecule has 0 atom stereocenters. The Morgan fingerprint density at radius 2 is 1.84 bits per heavy atom. The topological polar surface area (TPSA) is 48.9 Å². The third kappa shape index (κ3) is 2.98. The Morgan fingerprint density at radius 1 is 1.00 bits per heavy atom. The summed E-state index contributed by atoms with van der Waals surface area (Å²) in [5.74, 6) is -0.398. The molecule has 2 N–H and O–H groups in total. The zero-order chi connectivity index (χ0) is 17.2. The van der Waals surface area contributed by atoms with E-state index in [2.05, 4.69) is 34.5 Å². The van der Waals surface area contributed by atoms with Gasteiger partial charge >= 0.3 is 0 Å². The zero-order valence-electron chi connectivity index (χ0n) is 13.5. The number of halogens is 1. The second-order valence-electron chi connectivity index (χ2n) is 6.03. The van der Waals surface area contributed by atoms with Gasteiger partial charge in [-0.05, 0) is 48.2 Å². The molecule has 2 aromatic carbocycles. The standard InChI is InChI=1S/C21H17FN2O/c22-15-10-11-21(25)18(12-15)20-13-19(23-24-20)17-9-5-4-8-16(17)14-6-2-1-3-7-14/h1-2,4-6,8-13,25H,3,7H2,(H,23,24). The largest absolute Gasteiger partial charge is 0.507 e. The highest BCUT2D eigenvalue weighted by molar-refractivity contribution is 5.82. The van der Waals surface area contributed by atoms with Crippen molar-refractivity contribution >= 4 is 5.57 Å². The quantitative estimate of drug-likeness (QED) is 0.682. The summed E-state index contributed by atoms with van der Waals surface area (Å²) in [6.07, 6.45) is 8.41. The van der Waals surface area contributed by atoms with Gasteiger partial charge in [0.15, 0.2) is 0 Å². The maximum absolute atomic E-state index is 13.5. The van der Waals surface area contributed by atoms with E-state index in [1.807, 2.05) is 24.3 Å². The fourth-order valence-corrected chi connectivity index (χ4v) is 3.14. The fraction of sp³-hybridized carbons (Fsp3) is 0.0952. The number of aromatic amines is 1. The highest BCUT2D eigenvalue weighted by Gasteiger charge is 2.14. The number of phenols is 1. The summed E-state index contributed by atoms with van der Waals surface area (Å²) in [4.78, 5) is 0. The lowest BCUT2D eigenvalue weighted by molar-refractivity contribution is 0.475. The number of nitrogens with zero attached hydrogens (tertiary/aromatic N) is 1. The molecule has 124 valence electrons. The van der Waals surface area contributed by atoms with Crippen LogP contribution in [-0.4, -0.2) is 15.3 Å². The Hall–Kier alpha value is -3.14. The van der Waals surface area contributed by atoms with Crippen molar-refractivity contribution in [1.29, 1.82) is 0 Å². The second kappa shape index (κ2) is 6.40. The van der Waals surface area contributed by atoms with Crippen molar-refractivity contribution in [3.63, 3.8) is 0 Å². The molecule has 1 heterocycles. The molecule has 1 aliphatic rings. The number of rotatable bonds is 3. The van der Waals surface area contributed by atoms with Gasteiger partial charge in [-0.2, -0.15) is 5.10 Å². The van der Waals surface area contributed by atoms with Gasteiger partial charge in [0, 0.05) is 11.1 Å².